The number of nitrogens with zero attached hydrogens (tertiary/aromatic N) is 3. The third-order valence-electron chi connectivity index (χ3n) is 11.3. The predicted octanol–water partition coefficient (Wildman–Crippen LogP) is 3.50. The summed E-state index contributed by atoms with van der Waals surface area (Å²) in [4.78, 5) is 85.9. The lowest BCUT2D eigenvalue weighted by Crippen LogP contribution is -2.79. The molecule has 2 aromatic rings. The Bertz CT molecular complexity index is 1680. The second-order valence-electron chi connectivity index (χ2n) is 14.1. The Morgan fingerprint density at radius 2 is 1.62 bits per heavy atom. The Labute approximate surface area is 277 Å². The van der Waals surface area contributed by atoms with Gasteiger partial charge in [-0.15, -0.1) is 0 Å². The molecule has 0 spiro atoms. The molecule has 252 valence electrons. The van der Waals surface area contributed by atoms with Gasteiger partial charge in [-0.2, -0.15) is 5.11 Å². The van der Waals surface area contributed by atoms with Crippen molar-refractivity contribution in [1.82, 2.24) is 15.1 Å². The standard InChI is InChI=1S/C35H40N6O7/c1-20(42)35(26-13-23-12-24(14-26)17-34(35,16-23)30(46)39-29(45)27(36)15-28(43)44)41-31(47)33(2,25-10-8-21(9-11-25)18-38-37)40(32(41)48)19-22-6-4-3-5-7-22/h3-11,23-24,26-27,37H,12-19,36H2,1-2H3,(H,43,44)(H,39,45,46)/t23?,24?,26?,27-,33+,34?,35-/m0/s1. The van der Waals surface area contributed by atoms with E-state index in [2.05, 4.69) is 10.4 Å². The summed E-state index contributed by atoms with van der Waals surface area (Å²) in [6.45, 7) is 3.14. The number of hydrogen-bond donors (Lipinski definition) is 4. The van der Waals surface area contributed by atoms with Crippen LogP contribution in [-0.4, -0.2) is 62.0 Å². The van der Waals surface area contributed by atoms with E-state index in [0.29, 0.717) is 18.4 Å². The molecule has 1 aliphatic heterocycles. The van der Waals surface area contributed by atoms with Crippen LogP contribution in [0.5, 0.6) is 0 Å². The van der Waals surface area contributed by atoms with Gasteiger partial charge in [-0.25, -0.2) is 15.2 Å². The Morgan fingerprint density at radius 1 is 1.00 bits per heavy atom. The van der Waals surface area contributed by atoms with Gasteiger partial charge in [0.15, 0.2) is 5.78 Å². The number of aliphatic carboxylic acids is 1. The van der Waals surface area contributed by atoms with E-state index >= 15 is 4.79 Å². The van der Waals surface area contributed by atoms with Crippen molar-refractivity contribution in [2.45, 2.75) is 82.6 Å². The number of carboxylic acid groups (broad SMARTS) is 1. The Balaban J connectivity index is 1.50. The summed E-state index contributed by atoms with van der Waals surface area (Å²) in [7, 11) is 0. The molecule has 48 heavy (non-hydrogen) atoms. The number of amides is 5. The van der Waals surface area contributed by atoms with Gasteiger partial charge in [-0.05, 0) is 80.4 Å². The minimum absolute atomic E-state index is 0.0356. The predicted molar refractivity (Wildman–Crippen MR) is 170 cm³/mol. The molecule has 13 heteroatoms. The lowest BCUT2D eigenvalue weighted by molar-refractivity contribution is -0.196. The van der Waals surface area contributed by atoms with E-state index in [1.807, 2.05) is 30.3 Å². The summed E-state index contributed by atoms with van der Waals surface area (Å²) >= 11 is 0. The molecule has 2 aromatic carbocycles. The molecule has 4 saturated carbocycles. The molecule has 5 N–H and O–H groups in total. The van der Waals surface area contributed by atoms with Crippen LogP contribution in [0.1, 0.15) is 69.1 Å². The van der Waals surface area contributed by atoms with Gasteiger partial charge in [-0.3, -0.25) is 29.3 Å². The first-order valence-corrected chi connectivity index (χ1v) is 16.3. The highest BCUT2D eigenvalue weighted by atomic mass is 16.4. The van der Waals surface area contributed by atoms with Crippen molar-refractivity contribution in [2.75, 3.05) is 0 Å². The van der Waals surface area contributed by atoms with Crippen LogP contribution < -0.4 is 11.1 Å². The van der Waals surface area contributed by atoms with E-state index in [4.69, 9.17) is 11.3 Å². The number of imide groups is 2. The Morgan fingerprint density at radius 3 is 2.19 bits per heavy atom. The Hall–Kier alpha value is -4.78. The van der Waals surface area contributed by atoms with Crippen LogP contribution in [0.4, 0.5) is 4.79 Å². The van der Waals surface area contributed by atoms with Gasteiger partial charge < -0.3 is 15.7 Å². The van der Waals surface area contributed by atoms with Gasteiger partial charge in [0.1, 0.15) is 11.1 Å². The molecule has 5 atom stereocenters. The zero-order chi connectivity index (χ0) is 34.6. The number of carboxylic acids is 1. The summed E-state index contributed by atoms with van der Waals surface area (Å²) in [5, 5.41) is 14.9. The third-order valence-corrected chi connectivity index (χ3v) is 11.3. The van der Waals surface area contributed by atoms with Gasteiger partial charge in [0.2, 0.25) is 11.8 Å². The highest BCUT2D eigenvalue weighted by molar-refractivity contribution is 6.14. The topological polar surface area (TPSA) is 203 Å². The van der Waals surface area contributed by atoms with Gasteiger partial charge in [0, 0.05) is 6.54 Å². The quantitative estimate of drug-likeness (QED) is 0.208. The van der Waals surface area contributed by atoms with Crippen molar-refractivity contribution in [3.63, 3.8) is 0 Å². The first-order valence-electron chi connectivity index (χ1n) is 16.3. The summed E-state index contributed by atoms with van der Waals surface area (Å²) < 4.78 is 0. The number of benzene rings is 2. The fraction of sp³-hybridized carbons (Fsp3) is 0.486. The molecule has 5 amide bonds. The average Bonchev–Trinajstić information content (AvgIpc) is 3.22. The summed E-state index contributed by atoms with van der Waals surface area (Å²) in [6, 6.07) is 13.9. The maximum absolute atomic E-state index is 15.2. The van der Waals surface area contributed by atoms with E-state index in [9.17, 15) is 29.1 Å². The molecule has 0 aromatic heterocycles. The molecule has 13 nitrogen and oxygen atoms in total. The second-order valence-corrected chi connectivity index (χ2v) is 14.1. The van der Waals surface area contributed by atoms with Crippen molar-refractivity contribution < 1.29 is 33.9 Å². The van der Waals surface area contributed by atoms with Crippen LogP contribution in [-0.2, 0) is 42.6 Å². The molecule has 0 radical (unpaired) electrons. The zero-order valence-corrected chi connectivity index (χ0v) is 27.0. The molecular weight excluding hydrogens is 616 g/mol. The van der Waals surface area contributed by atoms with Crippen molar-refractivity contribution in [2.24, 2.45) is 34.0 Å². The summed E-state index contributed by atoms with van der Waals surface area (Å²) in [5.74, 6) is -4.72. The fourth-order valence-corrected chi connectivity index (χ4v) is 9.49. The van der Waals surface area contributed by atoms with Crippen LogP contribution in [0.25, 0.3) is 0 Å². The molecule has 1 heterocycles. The van der Waals surface area contributed by atoms with Gasteiger partial charge >= 0.3 is 12.0 Å². The molecule has 5 fully saturated rings. The molecule has 4 aliphatic carbocycles. The summed E-state index contributed by atoms with van der Waals surface area (Å²) in [5.41, 5.74) is 9.93. The molecule has 4 bridgehead atoms. The Kier molecular flexibility index (Phi) is 8.30. The zero-order valence-electron chi connectivity index (χ0n) is 27.0. The number of Topliss-reactive ketones (excluding diaryl/α,β-unsaturated/α-hetero) is 1. The SMILES string of the molecule is CC(=O)[C@]1(N2C(=O)N(Cc3ccccc3)[C@](C)(c3ccc(CN=N)cc3)C2=O)C2CC3CC(C2)CC1(C(=O)NC(=O)[C@@H](N)CC(=O)O)C3. The minimum Gasteiger partial charge on any atom is -0.481 e. The van der Waals surface area contributed by atoms with Crippen LogP contribution >= 0.6 is 0 Å². The first kappa shape index (κ1) is 33.1. The van der Waals surface area contributed by atoms with Crippen LogP contribution in [0.3, 0.4) is 0 Å². The van der Waals surface area contributed by atoms with Crippen LogP contribution in [0.15, 0.2) is 59.7 Å². The maximum atomic E-state index is 15.2. The van der Waals surface area contributed by atoms with Crippen molar-refractivity contribution in [1.29, 1.82) is 5.53 Å². The van der Waals surface area contributed by atoms with Gasteiger partial charge in [0.25, 0.3) is 5.91 Å². The van der Waals surface area contributed by atoms with Gasteiger partial charge in [-0.1, -0.05) is 54.6 Å². The average molecular weight is 657 g/mol. The molecule has 1 saturated heterocycles. The number of ketones is 1. The first-order chi connectivity index (χ1) is 22.8. The lowest BCUT2D eigenvalue weighted by atomic mass is 9.40. The number of carbonyl (C=O) groups is 6. The molecule has 5 aliphatic rings. The molecular formula is C35H40N6O7. The normalized spacial score (nSPS) is 31.1. The van der Waals surface area contributed by atoms with Crippen molar-refractivity contribution in [3.8, 4) is 0 Å². The van der Waals surface area contributed by atoms with Gasteiger partial charge in [0.05, 0.1) is 24.4 Å². The van der Waals surface area contributed by atoms with E-state index < -0.39 is 70.4 Å². The van der Waals surface area contributed by atoms with Crippen LogP contribution in [0.2, 0.25) is 0 Å². The van der Waals surface area contributed by atoms with Crippen molar-refractivity contribution in [3.05, 3.63) is 71.3 Å². The third kappa shape index (κ3) is 4.85. The number of carbonyl (C=O) groups excluding carboxylic acids is 5. The van der Waals surface area contributed by atoms with E-state index in [-0.39, 0.29) is 37.8 Å². The fourth-order valence-electron chi connectivity index (χ4n) is 9.49. The summed E-state index contributed by atoms with van der Waals surface area (Å²) in [6.07, 6.45) is 1.57. The van der Waals surface area contributed by atoms with E-state index in [1.165, 1.54) is 11.8 Å². The molecule has 2 unspecified atom stereocenters. The monoisotopic (exact) mass is 656 g/mol. The van der Waals surface area contributed by atoms with Crippen LogP contribution in [0, 0.1) is 28.7 Å². The second kappa shape index (κ2) is 12.0. The number of urea groups is 1. The van der Waals surface area contributed by atoms with Crippen molar-refractivity contribution >= 4 is 35.5 Å². The highest BCUT2D eigenvalue weighted by Crippen LogP contribution is 2.68. The maximum Gasteiger partial charge on any atom is 0.329 e. The largest absolute Gasteiger partial charge is 0.481 e. The highest BCUT2D eigenvalue weighted by Gasteiger charge is 2.77. The number of nitrogens with one attached hydrogen (secondary N) is 2. The van der Waals surface area contributed by atoms with E-state index in [0.717, 1.165) is 22.4 Å². The smallest absolute Gasteiger partial charge is 0.329 e. The number of nitrogens with two attached hydrogens (primary N) is 1. The minimum atomic E-state index is -1.90. The number of rotatable bonds is 11. The van der Waals surface area contributed by atoms with E-state index in [1.54, 1.807) is 31.2 Å². The molecule has 7 rings (SSSR count). The lowest BCUT2D eigenvalue weighted by Gasteiger charge is -2.66. The number of hydrogen-bond acceptors (Lipinski definition) is 9.